The molecule has 178 valence electrons. The van der Waals surface area contributed by atoms with Crippen LogP contribution in [0.5, 0.6) is 17.2 Å². The van der Waals surface area contributed by atoms with Gasteiger partial charge in [0.15, 0.2) is 16.9 Å². The molecule has 2 aromatic carbocycles. The SMILES string of the molecule is COc1cc([C@H]2c3c(oc4ccc(C)cc4c3=O)C(=O)N2C[C@@H]2CCCO2)cc(OC)c1OC. The summed E-state index contributed by atoms with van der Waals surface area (Å²) < 4.78 is 28.4. The summed E-state index contributed by atoms with van der Waals surface area (Å²) in [6, 6.07) is 8.25. The Bertz CT molecular complexity index is 1300. The summed E-state index contributed by atoms with van der Waals surface area (Å²) >= 11 is 0. The molecule has 0 bridgehead atoms. The number of methoxy groups -OCH3 is 3. The Morgan fingerprint density at radius 3 is 2.38 bits per heavy atom. The zero-order chi connectivity index (χ0) is 24.0. The zero-order valence-electron chi connectivity index (χ0n) is 19.7. The fraction of sp³-hybridized carbons (Fsp3) is 0.385. The normalized spacial score (nSPS) is 19.5. The van der Waals surface area contributed by atoms with E-state index in [0.29, 0.717) is 52.5 Å². The summed E-state index contributed by atoms with van der Waals surface area (Å²) in [5, 5.41) is 0.447. The molecule has 1 fully saturated rings. The largest absolute Gasteiger partial charge is 0.493 e. The van der Waals surface area contributed by atoms with Gasteiger partial charge in [0, 0.05) is 13.2 Å². The lowest BCUT2D eigenvalue weighted by molar-refractivity contribution is 0.0486. The fourth-order valence-electron chi connectivity index (χ4n) is 4.94. The maximum atomic E-state index is 13.8. The number of ether oxygens (including phenoxy) is 4. The third-order valence-corrected chi connectivity index (χ3v) is 6.55. The van der Waals surface area contributed by atoms with Crippen LogP contribution in [0.1, 0.15) is 46.1 Å². The van der Waals surface area contributed by atoms with Gasteiger partial charge in [-0.05, 0) is 49.6 Å². The van der Waals surface area contributed by atoms with Crippen molar-refractivity contribution >= 4 is 16.9 Å². The van der Waals surface area contributed by atoms with Crippen LogP contribution >= 0.6 is 0 Å². The topological polar surface area (TPSA) is 87.4 Å². The minimum atomic E-state index is -0.679. The molecule has 2 atom stereocenters. The Morgan fingerprint density at radius 2 is 1.76 bits per heavy atom. The summed E-state index contributed by atoms with van der Waals surface area (Å²) in [6.45, 7) is 2.92. The fourth-order valence-corrected chi connectivity index (χ4v) is 4.94. The van der Waals surface area contributed by atoms with E-state index in [0.717, 1.165) is 18.4 Å². The monoisotopic (exact) mass is 465 g/mol. The Hall–Kier alpha value is -3.52. The van der Waals surface area contributed by atoms with Gasteiger partial charge in [-0.3, -0.25) is 9.59 Å². The summed E-state index contributed by atoms with van der Waals surface area (Å²) in [6.07, 6.45) is 1.69. The molecule has 0 radical (unpaired) electrons. The number of amides is 1. The Morgan fingerprint density at radius 1 is 1.03 bits per heavy atom. The Balaban J connectivity index is 1.75. The molecule has 0 N–H and O–H groups in total. The second kappa shape index (κ2) is 8.68. The van der Waals surface area contributed by atoms with Crippen molar-refractivity contribution in [2.75, 3.05) is 34.5 Å². The van der Waals surface area contributed by atoms with Crippen molar-refractivity contribution in [3.05, 3.63) is 63.0 Å². The molecule has 5 rings (SSSR count). The number of carbonyl (C=O) groups excluding carboxylic acids is 1. The molecule has 8 heteroatoms. The van der Waals surface area contributed by atoms with E-state index < -0.39 is 6.04 Å². The predicted octanol–water partition coefficient (Wildman–Crippen LogP) is 3.85. The van der Waals surface area contributed by atoms with E-state index in [1.165, 1.54) is 21.3 Å². The molecule has 0 unspecified atom stereocenters. The van der Waals surface area contributed by atoms with E-state index >= 15 is 0 Å². The van der Waals surface area contributed by atoms with Gasteiger partial charge in [0.1, 0.15) is 5.58 Å². The Labute approximate surface area is 197 Å². The van der Waals surface area contributed by atoms with Gasteiger partial charge in [0.2, 0.25) is 11.5 Å². The van der Waals surface area contributed by atoms with Gasteiger partial charge in [-0.2, -0.15) is 0 Å². The number of hydrogen-bond acceptors (Lipinski definition) is 7. The van der Waals surface area contributed by atoms with Crippen LogP contribution in [-0.2, 0) is 4.74 Å². The summed E-state index contributed by atoms with van der Waals surface area (Å²) in [5.74, 6) is 1.05. The van der Waals surface area contributed by atoms with Gasteiger partial charge < -0.3 is 28.3 Å². The minimum Gasteiger partial charge on any atom is -0.493 e. The highest BCUT2D eigenvalue weighted by Gasteiger charge is 2.44. The number of hydrogen-bond donors (Lipinski definition) is 0. The van der Waals surface area contributed by atoms with E-state index in [1.807, 2.05) is 13.0 Å². The molecule has 8 nitrogen and oxygen atoms in total. The van der Waals surface area contributed by atoms with Gasteiger partial charge >= 0.3 is 0 Å². The van der Waals surface area contributed by atoms with E-state index in [9.17, 15) is 9.59 Å². The van der Waals surface area contributed by atoms with E-state index in [-0.39, 0.29) is 23.2 Å². The van der Waals surface area contributed by atoms with Crippen molar-refractivity contribution in [1.29, 1.82) is 0 Å². The first-order valence-corrected chi connectivity index (χ1v) is 11.3. The average molecular weight is 466 g/mol. The highest BCUT2D eigenvalue weighted by Crippen LogP contribution is 2.45. The molecule has 2 aliphatic rings. The lowest BCUT2D eigenvalue weighted by atomic mass is 9.97. The van der Waals surface area contributed by atoms with Crippen LogP contribution in [0.25, 0.3) is 11.0 Å². The van der Waals surface area contributed by atoms with Gasteiger partial charge in [0.05, 0.1) is 44.4 Å². The molecule has 3 heterocycles. The van der Waals surface area contributed by atoms with Crippen molar-refractivity contribution in [3.8, 4) is 17.2 Å². The smallest absolute Gasteiger partial charge is 0.291 e. The first kappa shape index (κ1) is 22.3. The lowest BCUT2D eigenvalue weighted by Gasteiger charge is -2.28. The summed E-state index contributed by atoms with van der Waals surface area (Å²) in [4.78, 5) is 29.0. The van der Waals surface area contributed by atoms with E-state index in [1.54, 1.807) is 29.2 Å². The van der Waals surface area contributed by atoms with Gasteiger partial charge in [0.25, 0.3) is 5.91 Å². The highest BCUT2D eigenvalue weighted by atomic mass is 16.5. The van der Waals surface area contributed by atoms with Crippen LogP contribution in [0, 0.1) is 6.92 Å². The average Bonchev–Trinajstić information content (AvgIpc) is 3.46. The van der Waals surface area contributed by atoms with Crippen molar-refractivity contribution < 1.29 is 28.2 Å². The number of aryl methyl sites for hydroxylation is 1. The predicted molar refractivity (Wildman–Crippen MR) is 125 cm³/mol. The number of fused-ring (bicyclic) bond motifs is 2. The quantitative estimate of drug-likeness (QED) is 0.546. The molecular weight excluding hydrogens is 438 g/mol. The number of carbonyl (C=O) groups is 1. The molecule has 0 aliphatic carbocycles. The molecule has 1 aromatic heterocycles. The number of benzene rings is 2. The third kappa shape index (κ3) is 3.49. The Kier molecular flexibility index (Phi) is 5.69. The molecule has 3 aromatic rings. The van der Waals surface area contributed by atoms with Crippen LogP contribution < -0.4 is 19.6 Å². The standard InChI is InChI=1S/C26H27NO7/c1-14-7-8-18-17(10-14)23(28)21-22(15-11-19(30-2)24(32-4)20(12-15)31-3)27(26(29)25(21)34-18)13-16-6-5-9-33-16/h7-8,10-12,16,22H,5-6,9,13H2,1-4H3/t16-,22-/m0/s1. The van der Waals surface area contributed by atoms with Gasteiger partial charge in [-0.15, -0.1) is 0 Å². The number of nitrogens with zero attached hydrogens (tertiary/aromatic N) is 1. The number of rotatable bonds is 6. The maximum absolute atomic E-state index is 13.8. The molecular formula is C26H27NO7. The lowest BCUT2D eigenvalue weighted by Crippen LogP contribution is -2.36. The van der Waals surface area contributed by atoms with E-state index in [2.05, 4.69) is 0 Å². The van der Waals surface area contributed by atoms with Crippen LogP contribution in [0.4, 0.5) is 0 Å². The summed E-state index contributed by atoms with van der Waals surface area (Å²) in [5.41, 5.74) is 2.09. The van der Waals surface area contributed by atoms with Crippen molar-refractivity contribution in [2.24, 2.45) is 0 Å². The molecule has 34 heavy (non-hydrogen) atoms. The van der Waals surface area contributed by atoms with Crippen LogP contribution in [0.2, 0.25) is 0 Å². The molecule has 0 spiro atoms. The zero-order valence-corrected chi connectivity index (χ0v) is 19.7. The van der Waals surface area contributed by atoms with Crippen LogP contribution in [0.15, 0.2) is 39.5 Å². The van der Waals surface area contributed by atoms with Gasteiger partial charge in [-0.25, -0.2) is 0 Å². The second-order valence-electron chi connectivity index (χ2n) is 8.63. The van der Waals surface area contributed by atoms with Crippen LogP contribution in [0.3, 0.4) is 0 Å². The minimum absolute atomic E-state index is 0.0677. The molecule has 0 saturated carbocycles. The maximum Gasteiger partial charge on any atom is 0.291 e. The first-order valence-electron chi connectivity index (χ1n) is 11.3. The van der Waals surface area contributed by atoms with Crippen molar-refractivity contribution in [1.82, 2.24) is 4.90 Å². The molecule has 1 amide bonds. The first-order chi connectivity index (χ1) is 16.5. The molecule has 2 aliphatic heterocycles. The van der Waals surface area contributed by atoms with Crippen LogP contribution in [-0.4, -0.2) is 51.4 Å². The van der Waals surface area contributed by atoms with Crippen molar-refractivity contribution in [2.45, 2.75) is 31.9 Å². The van der Waals surface area contributed by atoms with Crippen molar-refractivity contribution in [3.63, 3.8) is 0 Å². The molecule has 1 saturated heterocycles. The third-order valence-electron chi connectivity index (χ3n) is 6.55. The second-order valence-corrected chi connectivity index (χ2v) is 8.63. The highest BCUT2D eigenvalue weighted by molar-refractivity contribution is 5.99. The van der Waals surface area contributed by atoms with Gasteiger partial charge in [-0.1, -0.05) is 11.6 Å². The summed E-state index contributed by atoms with van der Waals surface area (Å²) in [7, 11) is 4.59. The van der Waals surface area contributed by atoms with E-state index in [4.69, 9.17) is 23.4 Å².